The van der Waals surface area contributed by atoms with Gasteiger partial charge in [0.05, 0.1) is 20.8 Å². The average molecular weight is 401 g/mol. The van der Waals surface area contributed by atoms with Crippen LogP contribution in [0.3, 0.4) is 0 Å². The lowest BCUT2D eigenvalue weighted by atomic mass is 10.1. The second-order valence-corrected chi connectivity index (χ2v) is 6.41. The zero-order valence-electron chi connectivity index (χ0n) is 17.5. The molecule has 2 rings (SSSR count). The Bertz CT molecular complexity index is 897. The Kier molecular flexibility index (Phi) is 8.03. The Morgan fingerprint density at radius 3 is 2.41 bits per heavy atom. The largest absolute Gasteiger partial charge is 0.493 e. The van der Waals surface area contributed by atoms with Crippen LogP contribution < -0.4 is 9.47 Å². The number of benzene rings is 1. The smallest absolute Gasteiger partial charge is 0.331 e. The third-order valence-corrected chi connectivity index (χ3v) is 4.56. The van der Waals surface area contributed by atoms with Gasteiger partial charge >= 0.3 is 5.97 Å². The van der Waals surface area contributed by atoms with E-state index in [2.05, 4.69) is 0 Å². The summed E-state index contributed by atoms with van der Waals surface area (Å²) < 4.78 is 22.6. The molecule has 0 atom stereocenters. The lowest BCUT2D eigenvalue weighted by Crippen LogP contribution is -2.14. The van der Waals surface area contributed by atoms with Gasteiger partial charge in [-0.3, -0.25) is 4.79 Å². The van der Waals surface area contributed by atoms with Gasteiger partial charge in [-0.15, -0.1) is 0 Å². The first-order valence-corrected chi connectivity index (χ1v) is 9.17. The van der Waals surface area contributed by atoms with Crippen molar-refractivity contribution in [2.45, 2.75) is 20.4 Å². The molecule has 7 nitrogen and oxygen atoms in total. The Morgan fingerprint density at radius 2 is 1.76 bits per heavy atom. The van der Waals surface area contributed by atoms with E-state index in [9.17, 15) is 9.59 Å². The van der Waals surface area contributed by atoms with Crippen LogP contribution in [0.2, 0.25) is 0 Å². The predicted molar refractivity (Wildman–Crippen MR) is 110 cm³/mol. The molecule has 0 N–H and O–H groups in total. The number of carbonyl (C=O) groups is 2. The second kappa shape index (κ2) is 10.5. The molecule has 0 aliphatic rings. The molecule has 0 spiro atoms. The zero-order chi connectivity index (χ0) is 21.4. The summed E-state index contributed by atoms with van der Waals surface area (Å²) in [6.07, 6.45) is 2.86. The van der Waals surface area contributed by atoms with Gasteiger partial charge in [0, 0.05) is 36.7 Å². The molecule has 0 saturated carbocycles. The molecule has 0 aliphatic carbocycles. The summed E-state index contributed by atoms with van der Waals surface area (Å²) in [5.41, 5.74) is 3.09. The maximum Gasteiger partial charge on any atom is 0.331 e. The molecule has 1 aromatic carbocycles. The fraction of sp³-hybridized carbons (Fsp3) is 0.364. The van der Waals surface area contributed by atoms with E-state index in [0.717, 1.165) is 17.0 Å². The van der Waals surface area contributed by atoms with Crippen molar-refractivity contribution in [1.29, 1.82) is 0 Å². The van der Waals surface area contributed by atoms with Crippen LogP contribution in [-0.4, -0.2) is 50.9 Å². The summed E-state index contributed by atoms with van der Waals surface area (Å²) in [5, 5.41) is 0. The zero-order valence-corrected chi connectivity index (χ0v) is 17.5. The third-order valence-electron chi connectivity index (χ3n) is 4.56. The highest BCUT2D eigenvalue weighted by Crippen LogP contribution is 2.28. The number of hydrogen-bond donors (Lipinski definition) is 0. The lowest BCUT2D eigenvalue weighted by molar-refractivity contribution is -0.136. The molecule has 0 radical (unpaired) electrons. The monoisotopic (exact) mass is 401 g/mol. The third kappa shape index (κ3) is 5.71. The number of methoxy groups -OCH3 is 3. The number of aryl methyl sites for hydroxylation is 1. The van der Waals surface area contributed by atoms with Crippen LogP contribution >= 0.6 is 0 Å². The molecule has 0 fully saturated rings. The Balaban J connectivity index is 1.97. The van der Waals surface area contributed by atoms with Crippen LogP contribution in [0.1, 0.15) is 27.3 Å². The topological polar surface area (TPSA) is 76.0 Å². The van der Waals surface area contributed by atoms with Crippen LogP contribution in [0, 0.1) is 13.8 Å². The standard InChI is InChI=1S/C22H27NO6/c1-15-12-18(16(2)23(15)10-11-26-3)19(24)14-29-22(25)9-7-17-6-8-20(27-4)21(13-17)28-5/h6-9,12-13H,10-11,14H2,1-5H3. The van der Waals surface area contributed by atoms with E-state index in [1.54, 1.807) is 44.6 Å². The van der Waals surface area contributed by atoms with Gasteiger partial charge in [0.2, 0.25) is 5.78 Å². The average Bonchev–Trinajstić information content (AvgIpc) is 3.02. The van der Waals surface area contributed by atoms with Crippen LogP contribution in [0.4, 0.5) is 0 Å². The second-order valence-electron chi connectivity index (χ2n) is 6.41. The Morgan fingerprint density at radius 1 is 1.03 bits per heavy atom. The molecule has 2 aromatic rings. The SMILES string of the molecule is COCCn1c(C)cc(C(=O)COC(=O)C=Cc2ccc(OC)c(OC)c2)c1C. The lowest BCUT2D eigenvalue weighted by Gasteiger charge is -2.09. The molecule has 1 heterocycles. The van der Waals surface area contributed by atoms with Crippen molar-refractivity contribution in [1.82, 2.24) is 4.57 Å². The molecule has 0 aliphatic heterocycles. The minimum Gasteiger partial charge on any atom is -0.493 e. The summed E-state index contributed by atoms with van der Waals surface area (Å²) in [6, 6.07) is 7.07. The van der Waals surface area contributed by atoms with Crippen LogP contribution in [-0.2, 0) is 20.8 Å². The normalized spacial score (nSPS) is 10.9. The van der Waals surface area contributed by atoms with Gasteiger partial charge in [-0.1, -0.05) is 6.07 Å². The minimum atomic E-state index is -0.596. The van der Waals surface area contributed by atoms with Crippen molar-refractivity contribution in [3.8, 4) is 11.5 Å². The fourth-order valence-electron chi connectivity index (χ4n) is 2.99. The molecule has 0 saturated heterocycles. The van der Waals surface area contributed by atoms with Gasteiger partial charge in [-0.25, -0.2) is 4.79 Å². The van der Waals surface area contributed by atoms with Crippen molar-refractivity contribution in [3.63, 3.8) is 0 Å². The van der Waals surface area contributed by atoms with Crippen molar-refractivity contribution in [2.75, 3.05) is 34.5 Å². The van der Waals surface area contributed by atoms with E-state index in [4.69, 9.17) is 18.9 Å². The first-order valence-electron chi connectivity index (χ1n) is 9.17. The molecular formula is C22H27NO6. The van der Waals surface area contributed by atoms with E-state index in [0.29, 0.717) is 30.2 Å². The van der Waals surface area contributed by atoms with Crippen molar-refractivity contribution in [2.24, 2.45) is 0 Å². The molecular weight excluding hydrogens is 374 g/mol. The highest BCUT2D eigenvalue weighted by molar-refractivity contribution is 6.00. The van der Waals surface area contributed by atoms with Crippen molar-refractivity contribution >= 4 is 17.8 Å². The quantitative estimate of drug-likeness (QED) is 0.346. The molecule has 0 amide bonds. The van der Waals surface area contributed by atoms with Gasteiger partial charge in [-0.2, -0.15) is 0 Å². The minimum absolute atomic E-state index is 0.241. The summed E-state index contributed by atoms with van der Waals surface area (Å²) in [6.45, 7) is 4.70. The first kappa shape index (κ1) is 22.2. The number of nitrogens with zero attached hydrogens (tertiary/aromatic N) is 1. The molecule has 0 bridgehead atoms. The van der Waals surface area contributed by atoms with E-state index < -0.39 is 5.97 Å². The first-order chi connectivity index (χ1) is 13.9. The maximum absolute atomic E-state index is 12.5. The summed E-state index contributed by atoms with van der Waals surface area (Å²) in [7, 11) is 4.73. The maximum atomic E-state index is 12.5. The number of Topliss-reactive ketones (excluding diaryl/α,β-unsaturated/α-hetero) is 1. The highest BCUT2D eigenvalue weighted by Gasteiger charge is 2.16. The number of carbonyl (C=O) groups excluding carboxylic acids is 2. The van der Waals surface area contributed by atoms with Crippen molar-refractivity contribution < 1.29 is 28.5 Å². The van der Waals surface area contributed by atoms with Gasteiger partial charge in [0.1, 0.15) is 0 Å². The van der Waals surface area contributed by atoms with E-state index in [-0.39, 0.29) is 12.4 Å². The number of ether oxygens (including phenoxy) is 4. The fourth-order valence-corrected chi connectivity index (χ4v) is 2.99. The molecule has 156 valence electrons. The highest BCUT2D eigenvalue weighted by atomic mass is 16.5. The van der Waals surface area contributed by atoms with Crippen LogP contribution in [0.25, 0.3) is 6.08 Å². The molecule has 7 heteroatoms. The number of rotatable bonds is 10. The molecule has 0 unspecified atom stereocenters. The number of ketones is 1. The van der Waals surface area contributed by atoms with Crippen LogP contribution in [0.15, 0.2) is 30.3 Å². The van der Waals surface area contributed by atoms with Gasteiger partial charge in [0.25, 0.3) is 0 Å². The van der Waals surface area contributed by atoms with Gasteiger partial charge in [-0.05, 0) is 43.7 Å². The predicted octanol–water partition coefficient (Wildman–Crippen LogP) is 3.21. The summed E-state index contributed by atoms with van der Waals surface area (Å²) in [4.78, 5) is 24.5. The van der Waals surface area contributed by atoms with Gasteiger partial charge < -0.3 is 23.5 Å². The van der Waals surface area contributed by atoms with Gasteiger partial charge in [0.15, 0.2) is 18.1 Å². The Hall–Kier alpha value is -3.06. The number of hydrogen-bond acceptors (Lipinski definition) is 6. The van der Waals surface area contributed by atoms with E-state index in [1.165, 1.54) is 13.2 Å². The number of esters is 1. The van der Waals surface area contributed by atoms with E-state index in [1.807, 2.05) is 18.4 Å². The van der Waals surface area contributed by atoms with Crippen molar-refractivity contribution in [3.05, 3.63) is 52.9 Å². The summed E-state index contributed by atoms with van der Waals surface area (Å²) >= 11 is 0. The Labute approximate surface area is 170 Å². The molecule has 29 heavy (non-hydrogen) atoms. The molecule has 1 aromatic heterocycles. The summed E-state index contributed by atoms with van der Waals surface area (Å²) in [5.74, 6) is 0.318. The number of aromatic nitrogens is 1. The van der Waals surface area contributed by atoms with Crippen LogP contribution in [0.5, 0.6) is 11.5 Å². The van der Waals surface area contributed by atoms with E-state index >= 15 is 0 Å².